The molecule has 6 nitrogen and oxygen atoms in total. The summed E-state index contributed by atoms with van der Waals surface area (Å²) >= 11 is 0. The van der Waals surface area contributed by atoms with Gasteiger partial charge in [0.05, 0.1) is 19.6 Å². The summed E-state index contributed by atoms with van der Waals surface area (Å²) in [6, 6.07) is 7.78. The Balaban J connectivity index is 2.38. The number of guanidine groups is 1. The molecule has 2 N–H and O–H groups in total. The molecule has 1 aromatic carbocycles. The van der Waals surface area contributed by atoms with Crippen molar-refractivity contribution >= 4 is 11.9 Å². The monoisotopic (exact) mass is 307 g/mol. The molecule has 0 saturated heterocycles. The summed E-state index contributed by atoms with van der Waals surface area (Å²) in [5.74, 6) is 1.23. The average molecular weight is 307 g/mol. The summed E-state index contributed by atoms with van der Waals surface area (Å²) in [7, 11) is 3.33. The highest BCUT2D eigenvalue weighted by Gasteiger charge is 2.06. The summed E-state index contributed by atoms with van der Waals surface area (Å²) in [4.78, 5) is 15.6. The van der Waals surface area contributed by atoms with Gasteiger partial charge in [0.15, 0.2) is 5.96 Å². The Morgan fingerprint density at radius 1 is 1.27 bits per heavy atom. The molecule has 6 heteroatoms. The van der Waals surface area contributed by atoms with Crippen LogP contribution >= 0.6 is 0 Å². The molecule has 0 unspecified atom stereocenters. The summed E-state index contributed by atoms with van der Waals surface area (Å²) in [5, 5.41) is 6.26. The molecule has 0 aliphatic carbocycles. The second kappa shape index (κ2) is 9.65. The number of aliphatic imine (C=N–C) groups is 1. The van der Waals surface area contributed by atoms with E-state index in [4.69, 9.17) is 9.47 Å². The van der Waals surface area contributed by atoms with Crippen LogP contribution in [0.15, 0.2) is 29.3 Å². The van der Waals surface area contributed by atoms with Gasteiger partial charge >= 0.3 is 5.97 Å². The number of benzene rings is 1. The van der Waals surface area contributed by atoms with Gasteiger partial charge in [-0.1, -0.05) is 18.2 Å². The summed E-state index contributed by atoms with van der Waals surface area (Å²) in [6.07, 6.45) is 0.212. The van der Waals surface area contributed by atoms with Crippen LogP contribution < -0.4 is 15.4 Å². The van der Waals surface area contributed by atoms with E-state index in [1.54, 1.807) is 14.2 Å². The first-order valence-corrected chi connectivity index (χ1v) is 7.32. The zero-order valence-electron chi connectivity index (χ0n) is 13.7. The van der Waals surface area contributed by atoms with Crippen molar-refractivity contribution in [3.8, 4) is 5.75 Å². The zero-order valence-corrected chi connectivity index (χ0v) is 13.7. The van der Waals surface area contributed by atoms with Gasteiger partial charge in [-0.15, -0.1) is 0 Å². The van der Waals surface area contributed by atoms with E-state index in [9.17, 15) is 4.79 Å². The van der Waals surface area contributed by atoms with Crippen LogP contribution in [0.25, 0.3) is 0 Å². The Kier molecular flexibility index (Phi) is 7.81. The molecule has 0 aromatic heterocycles. The molecular formula is C16H25N3O3. The van der Waals surface area contributed by atoms with Crippen LogP contribution in [0.3, 0.4) is 0 Å². The lowest BCUT2D eigenvalue weighted by molar-refractivity contribution is -0.147. The van der Waals surface area contributed by atoms with Gasteiger partial charge in [-0.05, 0) is 19.9 Å². The molecule has 0 aliphatic heterocycles. The van der Waals surface area contributed by atoms with Crippen molar-refractivity contribution < 1.29 is 14.3 Å². The number of carbonyl (C=O) groups is 1. The Morgan fingerprint density at radius 3 is 2.64 bits per heavy atom. The maximum absolute atomic E-state index is 11.4. The number of rotatable bonds is 7. The van der Waals surface area contributed by atoms with Crippen molar-refractivity contribution in [2.75, 3.05) is 20.7 Å². The topological polar surface area (TPSA) is 72.0 Å². The SMILES string of the molecule is CN=C(NCCC(=O)OC(C)C)NCc1ccccc1OC. The lowest BCUT2D eigenvalue weighted by atomic mass is 10.2. The highest BCUT2D eigenvalue weighted by atomic mass is 16.5. The van der Waals surface area contributed by atoms with E-state index in [2.05, 4.69) is 15.6 Å². The molecule has 0 aliphatic rings. The van der Waals surface area contributed by atoms with Crippen molar-refractivity contribution in [3.05, 3.63) is 29.8 Å². The molecule has 0 fully saturated rings. The van der Waals surface area contributed by atoms with Crippen molar-refractivity contribution in [3.63, 3.8) is 0 Å². The number of nitrogens with one attached hydrogen (secondary N) is 2. The van der Waals surface area contributed by atoms with Gasteiger partial charge in [-0.25, -0.2) is 0 Å². The first-order valence-electron chi connectivity index (χ1n) is 7.32. The fraction of sp³-hybridized carbons (Fsp3) is 0.500. The number of nitrogens with zero attached hydrogens (tertiary/aromatic N) is 1. The fourth-order valence-electron chi connectivity index (χ4n) is 1.85. The van der Waals surface area contributed by atoms with Gasteiger partial charge in [-0.3, -0.25) is 9.79 Å². The molecule has 0 radical (unpaired) electrons. The fourth-order valence-corrected chi connectivity index (χ4v) is 1.85. The minimum absolute atomic E-state index is 0.0875. The van der Waals surface area contributed by atoms with Crippen LogP contribution in [0.5, 0.6) is 5.75 Å². The predicted octanol–water partition coefficient (Wildman–Crippen LogP) is 1.70. The first kappa shape index (κ1) is 17.8. The van der Waals surface area contributed by atoms with Gasteiger partial charge in [0.25, 0.3) is 0 Å². The largest absolute Gasteiger partial charge is 0.496 e. The van der Waals surface area contributed by atoms with E-state index in [-0.39, 0.29) is 12.1 Å². The number of hydrogen-bond donors (Lipinski definition) is 2. The lowest BCUT2D eigenvalue weighted by Crippen LogP contribution is -2.38. The van der Waals surface area contributed by atoms with Crippen LogP contribution in [-0.4, -0.2) is 38.7 Å². The minimum Gasteiger partial charge on any atom is -0.496 e. The van der Waals surface area contributed by atoms with Crippen LogP contribution in [0, 0.1) is 0 Å². The summed E-state index contributed by atoms with van der Waals surface area (Å²) in [6.45, 7) is 4.72. The zero-order chi connectivity index (χ0) is 16.4. The Hall–Kier alpha value is -2.24. The molecule has 1 aromatic rings. The normalized spacial score (nSPS) is 11.2. The third kappa shape index (κ3) is 6.47. The maximum Gasteiger partial charge on any atom is 0.307 e. The highest BCUT2D eigenvalue weighted by Crippen LogP contribution is 2.16. The molecule has 0 amide bonds. The molecule has 1 rings (SSSR count). The number of hydrogen-bond acceptors (Lipinski definition) is 4. The molecule has 0 atom stereocenters. The Bertz CT molecular complexity index is 501. The van der Waals surface area contributed by atoms with E-state index < -0.39 is 0 Å². The van der Waals surface area contributed by atoms with Crippen molar-refractivity contribution in [1.82, 2.24) is 10.6 Å². The quantitative estimate of drug-likeness (QED) is 0.456. The lowest BCUT2D eigenvalue weighted by Gasteiger charge is -2.14. The number of esters is 1. The van der Waals surface area contributed by atoms with Crippen LogP contribution in [0.4, 0.5) is 0 Å². The summed E-state index contributed by atoms with van der Waals surface area (Å²) < 4.78 is 10.4. The molecule has 22 heavy (non-hydrogen) atoms. The van der Waals surface area contributed by atoms with E-state index in [1.807, 2.05) is 38.1 Å². The van der Waals surface area contributed by atoms with Gasteiger partial charge in [-0.2, -0.15) is 0 Å². The van der Waals surface area contributed by atoms with Crippen molar-refractivity contribution in [2.45, 2.75) is 32.9 Å². The first-order chi connectivity index (χ1) is 10.6. The number of methoxy groups -OCH3 is 1. The predicted molar refractivity (Wildman–Crippen MR) is 87.0 cm³/mol. The molecule has 0 saturated carbocycles. The molecule has 0 heterocycles. The molecule has 122 valence electrons. The standard InChI is InChI=1S/C16H25N3O3/c1-12(2)22-15(20)9-10-18-16(17-3)19-11-13-7-5-6-8-14(13)21-4/h5-8,12H,9-11H2,1-4H3,(H2,17,18,19). The van der Waals surface area contributed by atoms with E-state index in [0.717, 1.165) is 11.3 Å². The highest BCUT2D eigenvalue weighted by molar-refractivity contribution is 5.80. The average Bonchev–Trinajstić information content (AvgIpc) is 2.50. The van der Waals surface area contributed by atoms with E-state index in [0.29, 0.717) is 25.5 Å². The summed E-state index contributed by atoms with van der Waals surface area (Å²) in [5.41, 5.74) is 1.03. The van der Waals surface area contributed by atoms with Gasteiger partial charge in [0.2, 0.25) is 0 Å². The van der Waals surface area contributed by atoms with Crippen LogP contribution in [0.2, 0.25) is 0 Å². The van der Waals surface area contributed by atoms with Crippen LogP contribution in [-0.2, 0) is 16.1 Å². The minimum atomic E-state index is -0.220. The van der Waals surface area contributed by atoms with Crippen molar-refractivity contribution in [1.29, 1.82) is 0 Å². The molecular weight excluding hydrogens is 282 g/mol. The number of para-hydroxylation sites is 1. The van der Waals surface area contributed by atoms with E-state index in [1.165, 1.54) is 0 Å². The third-order valence-corrected chi connectivity index (χ3v) is 2.85. The Morgan fingerprint density at radius 2 is 2.00 bits per heavy atom. The second-order valence-electron chi connectivity index (χ2n) is 4.95. The van der Waals surface area contributed by atoms with Crippen LogP contribution in [0.1, 0.15) is 25.8 Å². The van der Waals surface area contributed by atoms with Crippen molar-refractivity contribution in [2.24, 2.45) is 4.99 Å². The Labute approximate surface area is 131 Å². The number of ether oxygens (including phenoxy) is 2. The molecule has 0 bridgehead atoms. The second-order valence-corrected chi connectivity index (χ2v) is 4.95. The smallest absolute Gasteiger partial charge is 0.307 e. The van der Waals surface area contributed by atoms with Gasteiger partial charge in [0.1, 0.15) is 5.75 Å². The molecule has 0 spiro atoms. The third-order valence-electron chi connectivity index (χ3n) is 2.85. The van der Waals surface area contributed by atoms with Gasteiger partial charge < -0.3 is 20.1 Å². The van der Waals surface area contributed by atoms with Gasteiger partial charge in [0, 0.05) is 25.7 Å². The van der Waals surface area contributed by atoms with E-state index >= 15 is 0 Å². The number of carbonyl (C=O) groups excluding carboxylic acids is 1. The maximum atomic E-state index is 11.4.